The summed E-state index contributed by atoms with van der Waals surface area (Å²) in [5, 5.41) is 45.0. The molecule has 0 radical (unpaired) electrons. The van der Waals surface area contributed by atoms with Crippen molar-refractivity contribution >= 4 is 23.2 Å². The Balaban J connectivity index is 1.59. The second-order valence-electron chi connectivity index (χ2n) is 12.2. The molecule has 3 aliphatic carbocycles. The van der Waals surface area contributed by atoms with Gasteiger partial charge in [-0.15, -0.1) is 0 Å². The Morgan fingerprint density at radius 2 is 1.83 bits per heavy atom. The molecule has 0 bridgehead atoms. The van der Waals surface area contributed by atoms with Gasteiger partial charge in [0.25, 0.3) is 5.91 Å². The first kappa shape index (κ1) is 29.2. The van der Waals surface area contributed by atoms with Crippen molar-refractivity contribution in [3.05, 3.63) is 45.7 Å². The molecule has 222 valence electrons. The highest BCUT2D eigenvalue weighted by Crippen LogP contribution is 2.54. The van der Waals surface area contributed by atoms with Crippen LogP contribution < -0.4 is 5.73 Å². The maximum atomic E-state index is 14.2. The molecule has 1 aliphatic heterocycles. The number of hydrogen-bond donors (Lipinski definition) is 5. The van der Waals surface area contributed by atoms with E-state index in [-0.39, 0.29) is 42.1 Å². The molecule has 11 nitrogen and oxygen atoms in total. The maximum absolute atomic E-state index is 14.2. The number of aromatic hydroxyl groups is 1. The number of methoxy groups -OCH3 is 1. The number of allylic oxidation sites excluding steroid dienone is 1. The molecule has 1 aromatic rings. The minimum Gasteiger partial charge on any atom is -0.510 e. The number of hydrogen-bond acceptors (Lipinski definition) is 10. The molecule has 11 heteroatoms. The van der Waals surface area contributed by atoms with E-state index in [9.17, 15) is 34.8 Å². The van der Waals surface area contributed by atoms with E-state index in [0.717, 1.165) is 33.0 Å². The Morgan fingerprint density at radius 1 is 1.17 bits per heavy atom. The highest BCUT2D eigenvalue weighted by atomic mass is 16.6. The summed E-state index contributed by atoms with van der Waals surface area (Å²) < 4.78 is 5.32. The van der Waals surface area contributed by atoms with E-state index in [1.807, 2.05) is 0 Å². The van der Waals surface area contributed by atoms with Gasteiger partial charge in [-0.05, 0) is 88.3 Å². The van der Waals surface area contributed by atoms with Crippen LogP contribution in [0.25, 0.3) is 5.76 Å². The zero-order chi connectivity index (χ0) is 30.0. The van der Waals surface area contributed by atoms with Crippen LogP contribution in [0.3, 0.4) is 0 Å². The monoisotopic (exact) mass is 569 g/mol. The van der Waals surface area contributed by atoms with Gasteiger partial charge in [-0.3, -0.25) is 24.2 Å². The van der Waals surface area contributed by atoms with Crippen LogP contribution in [0.5, 0.6) is 5.75 Å². The summed E-state index contributed by atoms with van der Waals surface area (Å²) in [7, 11) is 4.46. The predicted octanol–water partition coefficient (Wildman–Crippen LogP) is 1.53. The number of likely N-dealkylation sites (N-methyl/N-ethyl adjacent to an activating group) is 1. The minimum atomic E-state index is -2.53. The Bertz CT molecular complexity index is 1360. The molecule has 0 aromatic heterocycles. The van der Waals surface area contributed by atoms with E-state index >= 15 is 0 Å². The van der Waals surface area contributed by atoms with E-state index in [1.165, 1.54) is 6.07 Å². The lowest BCUT2D eigenvalue weighted by molar-refractivity contribution is -0.219. The second-order valence-corrected chi connectivity index (χ2v) is 12.2. The number of nitrogens with two attached hydrogens (primary N) is 1. The Morgan fingerprint density at radius 3 is 2.41 bits per heavy atom. The largest absolute Gasteiger partial charge is 0.510 e. The molecule has 41 heavy (non-hydrogen) atoms. The van der Waals surface area contributed by atoms with Crippen molar-refractivity contribution in [3.63, 3.8) is 0 Å². The Labute approximate surface area is 238 Å². The number of phenols is 1. The van der Waals surface area contributed by atoms with E-state index in [1.54, 1.807) is 25.1 Å². The third kappa shape index (κ3) is 4.55. The number of carbonyl (C=O) groups is 3. The molecule has 1 aromatic carbocycles. The average molecular weight is 570 g/mol. The van der Waals surface area contributed by atoms with Gasteiger partial charge in [0.2, 0.25) is 5.79 Å². The first-order valence-electron chi connectivity index (χ1n) is 14.1. The molecule has 6 N–H and O–H groups in total. The van der Waals surface area contributed by atoms with Gasteiger partial charge in [-0.1, -0.05) is 6.92 Å². The predicted molar refractivity (Wildman–Crippen MR) is 149 cm³/mol. The number of aliphatic hydroxyl groups excluding tert-OH is 2. The van der Waals surface area contributed by atoms with Crippen LogP contribution in [-0.2, 0) is 20.7 Å². The second kappa shape index (κ2) is 10.5. The molecule has 4 aliphatic rings. The lowest BCUT2D eigenvalue weighted by Gasteiger charge is -2.52. The SMILES string of the molecule is CO[C@@]1(O)C(C(N)=O)=C(O)[C@@H](N(C)C)C2CC3Cc4c(C(=O)CN5CCC(C)CC5)ccc(O)c4C(O)=C3C(=O)C21. The number of ether oxygens (including phenoxy) is 1. The van der Waals surface area contributed by atoms with Gasteiger partial charge in [0.05, 0.1) is 24.1 Å². The smallest absolute Gasteiger partial charge is 0.253 e. The number of nitrogens with zero attached hydrogens (tertiary/aromatic N) is 2. The molecule has 2 fully saturated rings. The quantitative estimate of drug-likeness (QED) is 0.250. The number of benzene rings is 1. The third-order valence-corrected chi connectivity index (χ3v) is 9.55. The van der Waals surface area contributed by atoms with Crippen molar-refractivity contribution in [1.82, 2.24) is 9.80 Å². The van der Waals surface area contributed by atoms with Crippen LogP contribution in [0, 0.1) is 23.7 Å². The van der Waals surface area contributed by atoms with Gasteiger partial charge in [0, 0.05) is 18.2 Å². The topological polar surface area (TPSA) is 174 Å². The molecule has 1 amide bonds. The van der Waals surface area contributed by atoms with Gasteiger partial charge in [0.15, 0.2) is 11.6 Å². The normalized spacial score (nSPS) is 30.7. The van der Waals surface area contributed by atoms with Gasteiger partial charge in [-0.25, -0.2) is 0 Å². The van der Waals surface area contributed by atoms with Crippen LogP contribution in [0.15, 0.2) is 29.0 Å². The first-order chi connectivity index (χ1) is 19.3. The minimum absolute atomic E-state index is 0.0122. The number of primary amides is 1. The average Bonchev–Trinajstić information content (AvgIpc) is 2.89. The number of piperidine rings is 1. The number of rotatable bonds is 6. The first-order valence-corrected chi connectivity index (χ1v) is 14.1. The van der Waals surface area contributed by atoms with Crippen LogP contribution in [0.2, 0.25) is 0 Å². The standard InChI is InChI=1S/C30H39N3O8/c1-14-7-9-33(10-8-14)13-20(35)16-5-6-19(34)22-17(16)11-15-12-18-23(27(37)21(15)26(22)36)30(40,41-4)24(29(31)39)28(38)25(18)32(2)3/h5-6,14-15,18,23,25,34,36,38,40H,7-13H2,1-4H3,(H2,31,39)/t15?,18?,23?,25-,30+/m0/s1. The number of fused-ring (bicyclic) bond motifs is 3. The van der Waals surface area contributed by atoms with E-state index in [4.69, 9.17) is 10.5 Å². The summed E-state index contributed by atoms with van der Waals surface area (Å²) in [5.41, 5.74) is 5.80. The molecule has 5 rings (SSSR count). The fourth-order valence-electron chi connectivity index (χ4n) is 7.53. The van der Waals surface area contributed by atoms with Crippen molar-refractivity contribution in [2.45, 2.75) is 44.4 Å². The van der Waals surface area contributed by atoms with Crippen molar-refractivity contribution in [1.29, 1.82) is 0 Å². The molecule has 1 saturated heterocycles. The molecule has 1 saturated carbocycles. The van der Waals surface area contributed by atoms with Crippen molar-refractivity contribution < 1.29 is 39.5 Å². The lowest BCUT2D eigenvalue weighted by Crippen LogP contribution is -2.63. The van der Waals surface area contributed by atoms with Crippen LogP contribution in [0.1, 0.15) is 47.7 Å². The fraction of sp³-hybridized carbons (Fsp3) is 0.567. The van der Waals surface area contributed by atoms with Crippen LogP contribution >= 0.6 is 0 Å². The highest BCUT2D eigenvalue weighted by Gasteiger charge is 2.63. The number of carbonyl (C=O) groups excluding carboxylic acids is 3. The number of phenolic OH excluding ortho intramolecular Hbond substituents is 1. The van der Waals surface area contributed by atoms with E-state index in [0.29, 0.717) is 17.0 Å². The summed E-state index contributed by atoms with van der Waals surface area (Å²) >= 11 is 0. The Kier molecular flexibility index (Phi) is 7.52. The molecule has 5 atom stereocenters. The summed E-state index contributed by atoms with van der Waals surface area (Å²) in [5.74, 6) is -7.73. The van der Waals surface area contributed by atoms with E-state index < -0.39 is 58.4 Å². The highest BCUT2D eigenvalue weighted by molar-refractivity contribution is 6.09. The third-order valence-electron chi connectivity index (χ3n) is 9.55. The molecular formula is C30H39N3O8. The molecule has 3 unspecified atom stereocenters. The number of ketones is 2. The Hall–Kier alpha value is -3.25. The number of likely N-dealkylation sites (tertiary alicyclic amines) is 1. The lowest BCUT2D eigenvalue weighted by atomic mass is 9.57. The summed E-state index contributed by atoms with van der Waals surface area (Å²) in [6.07, 6.45) is 2.43. The van der Waals surface area contributed by atoms with Gasteiger partial charge in [-0.2, -0.15) is 0 Å². The summed E-state index contributed by atoms with van der Waals surface area (Å²) in [6, 6.07) is 2.06. The van der Waals surface area contributed by atoms with Crippen molar-refractivity contribution in [2.75, 3.05) is 40.8 Å². The maximum Gasteiger partial charge on any atom is 0.253 e. The van der Waals surface area contributed by atoms with E-state index in [2.05, 4.69) is 11.8 Å². The van der Waals surface area contributed by atoms with Crippen LogP contribution in [-0.4, -0.2) is 100 Å². The molecular weight excluding hydrogens is 530 g/mol. The summed E-state index contributed by atoms with van der Waals surface area (Å²) in [6.45, 7) is 4.05. The summed E-state index contributed by atoms with van der Waals surface area (Å²) in [4.78, 5) is 43.8. The zero-order valence-electron chi connectivity index (χ0n) is 23.9. The van der Waals surface area contributed by atoms with Crippen LogP contribution in [0.4, 0.5) is 0 Å². The zero-order valence-corrected chi connectivity index (χ0v) is 23.9. The van der Waals surface area contributed by atoms with Gasteiger partial charge in [0.1, 0.15) is 22.8 Å². The fourth-order valence-corrected chi connectivity index (χ4v) is 7.53. The molecule has 1 heterocycles. The number of amides is 1. The van der Waals surface area contributed by atoms with Gasteiger partial charge < -0.3 is 30.9 Å². The van der Waals surface area contributed by atoms with Crippen molar-refractivity contribution in [3.8, 4) is 5.75 Å². The van der Waals surface area contributed by atoms with Gasteiger partial charge >= 0.3 is 0 Å². The number of Topliss-reactive ketones (excluding diaryl/α,β-unsaturated/α-hetero) is 2. The molecule has 0 spiro atoms. The van der Waals surface area contributed by atoms with Crippen molar-refractivity contribution in [2.24, 2.45) is 29.4 Å². The number of aliphatic hydroxyl groups is 3.